The van der Waals surface area contributed by atoms with Crippen molar-refractivity contribution in [2.75, 3.05) is 44.8 Å². The number of nitrogens with two attached hydrogens (primary N) is 5. The molecule has 29 nitrogen and oxygen atoms in total. The van der Waals surface area contributed by atoms with E-state index >= 15 is 0 Å². The fourth-order valence-corrected chi connectivity index (χ4v) is 8.27. The zero-order chi connectivity index (χ0) is 57.8. The summed E-state index contributed by atoms with van der Waals surface area (Å²) >= 11 is 8.12. The number of carbonyl (C=O) groups is 12. The van der Waals surface area contributed by atoms with E-state index in [1.165, 1.54) is 7.11 Å². The third kappa shape index (κ3) is 24.0. The number of carbonyl (C=O) groups excluding carboxylic acids is 11. The lowest BCUT2D eigenvalue weighted by atomic mass is 10.0. The van der Waals surface area contributed by atoms with Crippen LogP contribution < -0.4 is 75.9 Å². The molecule has 1 aromatic rings. The molecule has 0 aromatic heterocycles. The Balaban J connectivity index is 2.36. The van der Waals surface area contributed by atoms with Crippen molar-refractivity contribution in [1.29, 1.82) is 0 Å². The molecule has 8 atom stereocenters. The summed E-state index contributed by atoms with van der Waals surface area (Å²) in [5.74, 6) is -11.5. The highest BCUT2D eigenvalue weighted by Crippen LogP contribution is 2.20. The van der Waals surface area contributed by atoms with Crippen LogP contribution in [0.5, 0.6) is 5.75 Å². The summed E-state index contributed by atoms with van der Waals surface area (Å²) in [4.78, 5) is 162. The van der Waals surface area contributed by atoms with Gasteiger partial charge >= 0.3 is 5.97 Å². The van der Waals surface area contributed by atoms with E-state index in [0.717, 1.165) is 11.8 Å². The molecule has 428 valence electrons. The van der Waals surface area contributed by atoms with Crippen LogP contribution in [0, 0.1) is 0 Å². The van der Waals surface area contributed by atoms with E-state index in [-0.39, 0.29) is 69.1 Å². The molecule has 31 heteroatoms. The Morgan fingerprint density at radius 2 is 1.26 bits per heavy atom. The molecular weight excluding hydrogens is 1050 g/mol. The molecule has 0 bridgehead atoms. The topological polar surface area (TPSA) is 476 Å². The molecule has 77 heavy (non-hydrogen) atoms. The van der Waals surface area contributed by atoms with Crippen LogP contribution in [0.15, 0.2) is 29.3 Å². The van der Waals surface area contributed by atoms with Gasteiger partial charge in [-0.05, 0) is 62.8 Å². The van der Waals surface area contributed by atoms with Crippen molar-refractivity contribution in [3.8, 4) is 5.75 Å². The number of thiol groups is 2. The van der Waals surface area contributed by atoms with Gasteiger partial charge in [0.05, 0.1) is 26.5 Å². The van der Waals surface area contributed by atoms with Crippen LogP contribution in [0.2, 0.25) is 0 Å². The van der Waals surface area contributed by atoms with Gasteiger partial charge in [0.1, 0.15) is 54.1 Å². The molecular formula is C46H73N15O14S2. The number of likely N-dealkylation sites (tertiary alicyclic amines) is 1. The monoisotopic (exact) mass is 1120 g/mol. The van der Waals surface area contributed by atoms with Gasteiger partial charge in [0.2, 0.25) is 65.0 Å². The first-order valence-electron chi connectivity index (χ1n) is 24.5. The molecule has 2 rings (SSSR count). The molecule has 1 heterocycles. The number of aliphatic carboxylic acids is 1. The average molecular weight is 1120 g/mol. The first-order valence-corrected chi connectivity index (χ1v) is 25.8. The number of amides is 11. The standard InChI is InChI=1S/C46H73N15O14S2/c1-24(62)54-33(23-77)43(72)59-31(19-35(48)63)45(74)61-17-7-10-34(61)44(73)57-27(9-6-16-52-46(50)51)39(68)53-21-36(64)55-30(20-37(65)66)42(71)58-29(18-25-11-13-26(75-2)14-12-25)41(70)56-28(8-4-3-5-15-47)40(69)60-32(22-76)38(49)67/h11-14,27-34,76-77H,3-10,15-23,47H2,1-2H3,(H2,48,63)(H2,49,67)(H,53,68)(H,54,62)(H,55,64)(H,56,70)(H,57,73)(H,58,71)(H,59,72)(H,60,69)(H,65,66)(H4,50,51,52)/t27-,28-,29-,30-,31-,32-,33-,34-/m0/s1. The minimum atomic E-state index is -1.86. The van der Waals surface area contributed by atoms with Gasteiger partial charge in [-0.1, -0.05) is 25.0 Å². The Bertz CT molecular complexity index is 2270. The number of carboxylic acids is 1. The van der Waals surface area contributed by atoms with Crippen LogP contribution in [-0.4, -0.2) is 180 Å². The number of rotatable bonds is 35. The Hall–Kier alpha value is -7.41. The molecule has 19 N–H and O–H groups in total. The first-order chi connectivity index (χ1) is 36.4. The number of benzene rings is 1. The number of carboxylic acid groups (broad SMARTS) is 1. The highest BCUT2D eigenvalue weighted by atomic mass is 32.1. The van der Waals surface area contributed by atoms with Crippen LogP contribution in [0.1, 0.15) is 76.7 Å². The molecule has 1 fully saturated rings. The molecule has 0 radical (unpaired) electrons. The van der Waals surface area contributed by atoms with Crippen LogP contribution in [0.25, 0.3) is 0 Å². The highest BCUT2D eigenvalue weighted by molar-refractivity contribution is 7.80. The molecule has 1 aromatic carbocycles. The molecule has 1 aliphatic heterocycles. The Morgan fingerprint density at radius 3 is 1.83 bits per heavy atom. The van der Waals surface area contributed by atoms with Gasteiger partial charge in [-0.3, -0.25) is 62.5 Å². The van der Waals surface area contributed by atoms with E-state index in [4.69, 9.17) is 33.4 Å². The number of hydrogen-bond acceptors (Lipinski definition) is 17. The van der Waals surface area contributed by atoms with E-state index in [1.54, 1.807) is 24.3 Å². The van der Waals surface area contributed by atoms with E-state index in [0.29, 0.717) is 37.1 Å². The minimum absolute atomic E-state index is 0.00526. The third-order valence-corrected chi connectivity index (χ3v) is 12.4. The number of ether oxygens (including phenoxy) is 1. The van der Waals surface area contributed by atoms with E-state index in [1.807, 2.05) is 0 Å². The lowest BCUT2D eigenvalue weighted by Gasteiger charge is -2.30. The van der Waals surface area contributed by atoms with Crippen molar-refractivity contribution in [2.45, 2.75) is 126 Å². The average Bonchev–Trinajstić information content (AvgIpc) is 3.87. The Kier molecular flexibility index (Phi) is 29.3. The number of guanidine groups is 1. The zero-order valence-electron chi connectivity index (χ0n) is 42.9. The molecule has 0 aliphatic carbocycles. The number of primary amides is 2. The van der Waals surface area contributed by atoms with Gasteiger partial charge in [-0.2, -0.15) is 25.3 Å². The normalized spacial score (nSPS) is 15.5. The van der Waals surface area contributed by atoms with Gasteiger partial charge < -0.3 is 85.9 Å². The predicted molar refractivity (Wildman–Crippen MR) is 284 cm³/mol. The lowest BCUT2D eigenvalue weighted by molar-refractivity contribution is -0.143. The maximum Gasteiger partial charge on any atom is 0.305 e. The van der Waals surface area contributed by atoms with E-state index in [2.05, 4.69) is 72.8 Å². The molecule has 0 unspecified atom stereocenters. The molecule has 0 saturated carbocycles. The molecule has 1 saturated heterocycles. The number of hydrogen-bond donors (Lipinski definition) is 16. The summed E-state index contributed by atoms with van der Waals surface area (Å²) in [7, 11) is 1.43. The summed E-state index contributed by atoms with van der Waals surface area (Å²) < 4.78 is 5.21. The first kappa shape index (κ1) is 65.7. The molecule has 11 amide bonds. The van der Waals surface area contributed by atoms with Gasteiger partial charge in [0, 0.05) is 37.9 Å². The van der Waals surface area contributed by atoms with Crippen molar-refractivity contribution in [3.63, 3.8) is 0 Å². The SMILES string of the molecule is COc1ccc(C[C@H](NC(=O)[C@H](CC(=O)O)NC(=O)CNC(=O)[C@H](CCCN=C(N)N)NC(=O)[C@@H]2CCCN2C(=O)[C@H](CC(N)=O)NC(=O)[C@H](CS)NC(C)=O)C(=O)N[C@@H](CCCCCN)C(=O)N[C@@H](CS)C(N)=O)cc1. The second-order valence-electron chi connectivity index (χ2n) is 17.8. The van der Waals surface area contributed by atoms with Crippen LogP contribution in [-0.2, 0) is 64.0 Å². The summed E-state index contributed by atoms with van der Waals surface area (Å²) in [6.45, 7) is 0.628. The van der Waals surface area contributed by atoms with Gasteiger partial charge in [-0.15, -0.1) is 0 Å². The van der Waals surface area contributed by atoms with Crippen molar-refractivity contribution < 1.29 is 67.4 Å². The highest BCUT2D eigenvalue weighted by Gasteiger charge is 2.40. The van der Waals surface area contributed by atoms with Crippen LogP contribution in [0.3, 0.4) is 0 Å². The molecule has 1 aliphatic rings. The maximum atomic E-state index is 14.1. The summed E-state index contributed by atoms with van der Waals surface area (Å²) in [6, 6.07) is -4.87. The number of unbranched alkanes of at least 4 members (excludes halogenated alkanes) is 2. The van der Waals surface area contributed by atoms with Crippen molar-refractivity contribution in [1.82, 2.24) is 47.4 Å². The number of methoxy groups -OCH3 is 1. The van der Waals surface area contributed by atoms with Gasteiger partial charge in [-0.25, -0.2) is 0 Å². The second kappa shape index (κ2) is 34.3. The van der Waals surface area contributed by atoms with Crippen molar-refractivity contribution in [2.24, 2.45) is 33.7 Å². The summed E-state index contributed by atoms with van der Waals surface area (Å²) in [6.07, 6.45) is 0.0855. The second-order valence-corrected chi connectivity index (χ2v) is 18.5. The number of aliphatic imine (C=N–C) groups is 1. The molecule has 0 spiro atoms. The van der Waals surface area contributed by atoms with E-state index in [9.17, 15) is 62.6 Å². The number of nitrogens with zero attached hydrogens (tertiary/aromatic N) is 2. The quantitative estimate of drug-likeness (QED) is 0.0130. The number of nitrogens with one attached hydrogen (secondary N) is 8. The van der Waals surface area contributed by atoms with Gasteiger partial charge in [0.15, 0.2) is 5.96 Å². The fourth-order valence-electron chi connectivity index (χ4n) is 7.75. The zero-order valence-corrected chi connectivity index (χ0v) is 44.7. The van der Waals surface area contributed by atoms with Crippen LogP contribution in [0.4, 0.5) is 0 Å². The minimum Gasteiger partial charge on any atom is -0.497 e. The maximum absolute atomic E-state index is 14.1. The summed E-state index contributed by atoms with van der Waals surface area (Å²) in [5, 5.41) is 29.2. The van der Waals surface area contributed by atoms with Gasteiger partial charge in [0.25, 0.3) is 0 Å². The van der Waals surface area contributed by atoms with Crippen LogP contribution >= 0.6 is 25.3 Å². The van der Waals surface area contributed by atoms with E-state index < -0.39 is 139 Å². The Morgan fingerprint density at radius 1 is 0.688 bits per heavy atom. The third-order valence-electron chi connectivity index (χ3n) is 11.7. The predicted octanol–water partition coefficient (Wildman–Crippen LogP) is -5.97. The fraction of sp³-hybridized carbons (Fsp3) is 0.587. The Labute approximate surface area is 455 Å². The van der Waals surface area contributed by atoms with Crippen molar-refractivity contribution in [3.05, 3.63) is 29.8 Å². The smallest absolute Gasteiger partial charge is 0.305 e. The lowest BCUT2D eigenvalue weighted by Crippen LogP contribution is -2.59. The summed E-state index contributed by atoms with van der Waals surface area (Å²) in [5.41, 5.74) is 27.8. The van der Waals surface area contributed by atoms with Crippen molar-refractivity contribution >= 4 is 102 Å². The largest absolute Gasteiger partial charge is 0.497 e.